The molecule has 3 atom stereocenters. The molecule has 2 aliphatic rings. The van der Waals surface area contributed by atoms with Crippen molar-refractivity contribution in [3.8, 4) is 11.5 Å². The predicted molar refractivity (Wildman–Crippen MR) is 85.4 cm³/mol. The van der Waals surface area contributed by atoms with Gasteiger partial charge in [0.2, 0.25) is 0 Å². The van der Waals surface area contributed by atoms with Crippen molar-refractivity contribution in [3.05, 3.63) is 66.2 Å². The van der Waals surface area contributed by atoms with Crippen LogP contribution < -0.4 is 15.2 Å². The quantitative estimate of drug-likeness (QED) is 0.886. The van der Waals surface area contributed by atoms with E-state index < -0.39 is 12.0 Å². The van der Waals surface area contributed by atoms with Crippen LogP contribution in [0.5, 0.6) is 11.5 Å². The lowest BCUT2D eigenvalue weighted by Crippen LogP contribution is -2.48. The molecule has 2 aromatic carbocycles. The summed E-state index contributed by atoms with van der Waals surface area (Å²) in [5, 5.41) is 14.5. The molecule has 0 fully saturated rings. The van der Waals surface area contributed by atoms with Gasteiger partial charge in [-0.3, -0.25) is 0 Å². The predicted octanol–water partition coefficient (Wildman–Crippen LogP) is 2.68. The number of carboxylic acids is 1. The molecule has 116 valence electrons. The van der Waals surface area contributed by atoms with Crippen LogP contribution in [0, 0.1) is 5.92 Å². The zero-order valence-electron chi connectivity index (χ0n) is 12.4. The maximum atomic E-state index is 11.4. The van der Waals surface area contributed by atoms with Gasteiger partial charge >= 0.3 is 0 Å². The van der Waals surface area contributed by atoms with E-state index in [1.165, 1.54) is 0 Å². The Morgan fingerprint density at radius 2 is 1.96 bits per heavy atom. The van der Waals surface area contributed by atoms with Gasteiger partial charge in [-0.15, -0.1) is 0 Å². The fraction of sp³-hybridized carbons (Fsp3) is 0.211. The molecule has 0 radical (unpaired) electrons. The first-order chi connectivity index (χ1) is 11.2. The number of rotatable bonds is 3. The number of hydrogen-bond acceptors (Lipinski definition) is 4. The fourth-order valence-electron chi connectivity index (χ4n) is 3.49. The van der Waals surface area contributed by atoms with Crippen molar-refractivity contribution in [2.24, 2.45) is 5.92 Å². The molecule has 1 heterocycles. The summed E-state index contributed by atoms with van der Waals surface area (Å²) in [5.41, 5.74) is 1.92. The largest absolute Gasteiger partial charge is 0.548 e. The number of fused-ring (bicyclic) bond motifs is 3. The van der Waals surface area contributed by atoms with Gasteiger partial charge in [-0.25, -0.2) is 0 Å². The second-order valence-corrected chi connectivity index (χ2v) is 5.96. The highest BCUT2D eigenvalue weighted by Gasteiger charge is 2.37. The molecular formula is C19H16NO3-. The van der Waals surface area contributed by atoms with Gasteiger partial charge in [0, 0.05) is 11.6 Å². The van der Waals surface area contributed by atoms with Crippen LogP contribution >= 0.6 is 0 Å². The fourth-order valence-corrected chi connectivity index (χ4v) is 3.49. The Kier molecular flexibility index (Phi) is 3.30. The molecule has 23 heavy (non-hydrogen) atoms. The molecule has 1 N–H and O–H groups in total. The number of carbonyl (C=O) groups excluding carboxylic acids is 1. The van der Waals surface area contributed by atoms with Gasteiger partial charge in [0.25, 0.3) is 0 Å². The number of ether oxygens (including phenoxy) is 1. The summed E-state index contributed by atoms with van der Waals surface area (Å²) in [6, 6.07) is 14.7. The zero-order valence-corrected chi connectivity index (χ0v) is 12.4. The van der Waals surface area contributed by atoms with Gasteiger partial charge in [0.1, 0.15) is 11.5 Å². The van der Waals surface area contributed by atoms with Gasteiger partial charge in [0.15, 0.2) is 0 Å². The molecule has 0 saturated heterocycles. The van der Waals surface area contributed by atoms with Crippen LogP contribution in [-0.2, 0) is 4.79 Å². The van der Waals surface area contributed by atoms with Gasteiger partial charge in [-0.1, -0.05) is 30.4 Å². The van der Waals surface area contributed by atoms with E-state index in [0.29, 0.717) is 0 Å². The third kappa shape index (κ3) is 2.46. The van der Waals surface area contributed by atoms with E-state index in [9.17, 15) is 9.90 Å². The van der Waals surface area contributed by atoms with Crippen LogP contribution in [0.4, 0.5) is 5.69 Å². The highest BCUT2D eigenvalue weighted by Crippen LogP contribution is 2.45. The maximum Gasteiger partial charge on any atom is 0.127 e. The third-order valence-electron chi connectivity index (χ3n) is 4.57. The van der Waals surface area contributed by atoms with Gasteiger partial charge in [-0.2, -0.15) is 0 Å². The van der Waals surface area contributed by atoms with Crippen molar-refractivity contribution in [3.63, 3.8) is 0 Å². The molecule has 1 aliphatic heterocycles. The van der Waals surface area contributed by atoms with Crippen LogP contribution in [0.1, 0.15) is 17.9 Å². The minimum Gasteiger partial charge on any atom is -0.548 e. The Bertz CT molecular complexity index is 769. The molecule has 0 saturated carbocycles. The van der Waals surface area contributed by atoms with Crippen molar-refractivity contribution in [1.82, 2.24) is 0 Å². The Hall–Kier alpha value is -2.75. The summed E-state index contributed by atoms with van der Waals surface area (Å²) < 4.78 is 5.89. The van der Waals surface area contributed by atoms with Crippen LogP contribution in [0.25, 0.3) is 0 Å². The smallest absolute Gasteiger partial charge is 0.127 e. The summed E-state index contributed by atoms with van der Waals surface area (Å²) in [6.07, 6.45) is 4.89. The third-order valence-corrected chi connectivity index (χ3v) is 4.57. The molecule has 2 aromatic rings. The van der Waals surface area contributed by atoms with Crippen LogP contribution in [0.2, 0.25) is 0 Å². The molecular weight excluding hydrogens is 290 g/mol. The van der Waals surface area contributed by atoms with Gasteiger partial charge in [-0.05, 0) is 48.2 Å². The minimum absolute atomic E-state index is 0.000486. The van der Waals surface area contributed by atoms with Crippen molar-refractivity contribution < 1.29 is 14.6 Å². The number of carbonyl (C=O) groups is 1. The van der Waals surface area contributed by atoms with Gasteiger partial charge < -0.3 is 20.0 Å². The number of carboxylic acid groups (broad SMARTS) is 1. The Morgan fingerprint density at radius 1 is 1.13 bits per heavy atom. The molecule has 3 unspecified atom stereocenters. The van der Waals surface area contributed by atoms with E-state index in [1.807, 2.05) is 54.6 Å². The second-order valence-electron chi connectivity index (χ2n) is 5.96. The lowest BCUT2D eigenvalue weighted by Gasteiger charge is -2.37. The second kappa shape index (κ2) is 5.47. The summed E-state index contributed by atoms with van der Waals surface area (Å²) >= 11 is 0. The average molecular weight is 306 g/mol. The lowest BCUT2D eigenvalue weighted by atomic mass is 9.79. The number of hydrogen-bond donors (Lipinski definition) is 1. The monoisotopic (exact) mass is 306 g/mol. The number of anilines is 1. The molecule has 4 nitrogen and oxygen atoms in total. The van der Waals surface area contributed by atoms with Crippen LogP contribution in [0.3, 0.4) is 0 Å². The van der Waals surface area contributed by atoms with E-state index in [0.717, 1.165) is 29.2 Å². The SMILES string of the molecule is O=C([O-])C1Nc2ccc(Oc3ccccc3)cc2C2C=CCC12. The van der Waals surface area contributed by atoms with E-state index in [4.69, 9.17) is 4.74 Å². The molecule has 0 bridgehead atoms. The number of para-hydroxylation sites is 1. The Morgan fingerprint density at radius 3 is 2.74 bits per heavy atom. The Balaban J connectivity index is 1.68. The summed E-state index contributed by atoms with van der Waals surface area (Å²) in [4.78, 5) is 11.4. The highest BCUT2D eigenvalue weighted by atomic mass is 16.5. The standard InChI is InChI=1S/C19H17NO3/c21-19(22)18-15-8-4-7-14(15)16-11-13(9-10-17(16)20-18)23-12-5-2-1-3-6-12/h1-7,9-11,14-15,18,20H,8H2,(H,21,22)/p-1. The van der Waals surface area contributed by atoms with Crippen molar-refractivity contribution in [2.75, 3.05) is 5.32 Å². The van der Waals surface area contributed by atoms with Crippen molar-refractivity contribution in [1.29, 1.82) is 0 Å². The molecule has 4 heteroatoms. The molecule has 0 spiro atoms. The number of allylic oxidation sites excluding steroid dienone is 2. The summed E-state index contributed by atoms with van der Waals surface area (Å²) in [7, 11) is 0. The van der Waals surface area contributed by atoms with Gasteiger partial charge in [0.05, 0.1) is 12.0 Å². The maximum absolute atomic E-state index is 11.4. The first-order valence-corrected chi connectivity index (χ1v) is 7.73. The average Bonchev–Trinajstić information content (AvgIpc) is 3.05. The molecule has 1 aliphatic carbocycles. The topological polar surface area (TPSA) is 61.4 Å². The summed E-state index contributed by atoms with van der Waals surface area (Å²) in [5.74, 6) is 0.581. The van der Waals surface area contributed by atoms with Crippen LogP contribution in [0.15, 0.2) is 60.7 Å². The van der Waals surface area contributed by atoms with E-state index in [1.54, 1.807) is 0 Å². The van der Waals surface area contributed by atoms with E-state index in [2.05, 4.69) is 11.4 Å². The lowest BCUT2D eigenvalue weighted by molar-refractivity contribution is -0.308. The summed E-state index contributed by atoms with van der Waals surface area (Å²) in [6.45, 7) is 0. The van der Waals surface area contributed by atoms with Crippen molar-refractivity contribution in [2.45, 2.75) is 18.4 Å². The van der Waals surface area contributed by atoms with Crippen molar-refractivity contribution >= 4 is 11.7 Å². The number of nitrogens with one attached hydrogen (secondary N) is 1. The first kappa shape index (κ1) is 13.9. The highest BCUT2D eigenvalue weighted by molar-refractivity contribution is 5.79. The van der Waals surface area contributed by atoms with Crippen LogP contribution in [-0.4, -0.2) is 12.0 Å². The first-order valence-electron chi connectivity index (χ1n) is 7.73. The normalized spacial score (nSPS) is 24.4. The molecule has 4 rings (SSSR count). The zero-order chi connectivity index (χ0) is 15.8. The van der Waals surface area contributed by atoms with E-state index in [-0.39, 0.29) is 11.8 Å². The Labute approximate surface area is 134 Å². The number of benzene rings is 2. The molecule has 0 aromatic heterocycles. The van der Waals surface area contributed by atoms with E-state index >= 15 is 0 Å². The molecule has 0 amide bonds. The number of aliphatic carboxylic acids is 1. The minimum atomic E-state index is -1.04.